The number of fused-ring (bicyclic) bond motifs is 1. The van der Waals surface area contributed by atoms with Gasteiger partial charge in [0.2, 0.25) is 0 Å². The van der Waals surface area contributed by atoms with Gasteiger partial charge in [-0.1, -0.05) is 23.5 Å². The maximum absolute atomic E-state index is 13.5. The Balaban J connectivity index is 1.33. The first-order valence-corrected chi connectivity index (χ1v) is 10.7. The van der Waals surface area contributed by atoms with Crippen LogP contribution in [0.3, 0.4) is 0 Å². The molecule has 1 saturated carbocycles. The summed E-state index contributed by atoms with van der Waals surface area (Å²) in [6.45, 7) is 0. The highest BCUT2D eigenvalue weighted by Crippen LogP contribution is 2.30. The number of hydrogen-bond acceptors (Lipinski definition) is 5. The van der Waals surface area contributed by atoms with Gasteiger partial charge in [-0.2, -0.15) is 5.10 Å². The highest BCUT2D eigenvalue weighted by atomic mass is 32.1. The maximum Gasteiger partial charge on any atom is 0.253 e. The quantitative estimate of drug-likeness (QED) is 0.502. The Labute approximate surface area is 176 Å². The number of thiazole rings is 1. The molecule has 8 heteroatoms. The Morgan fingerprint density at radius 1 is 1.13 bits per heavy atom. The summed E-state index contributed by atoms with van der Waals surface area (Å²) in [5.74, 6) is -0.384. The molecule has 6 nitrogen and oxygen atoms in total. The van der Waals surface area contributed by atoms with Crippen LogP contribution in [0.1, 0.15) is 29.6 Å². The van der Waals surface area contributed by atoms with Gasteiger partial charge in [-0.3, -0.25) is 4.79 Å². The van der Waals surface area contributed by atoms with E-state index in [1.807, 2.05) is 36.5 Å². The highest BCUT2D eigenvalue weighted by Gasteiger charge is 2.30. The van der Waals surface area contributed by atoms with Gasteiger partial charge >= 0.3 is 0 Å². The van der Waals surface area contributed by atoms with Crippen LogP contribution < -0.4 is 10.6 Å². The average molecular weight is 422 g/mol. The Hall–Kier alpha value is -3.26. The van der Waals surface area contributed by atoms with Crippen molar-refractivity contribution < 1.29 is 9.18 Å². The fourth-order valence-electron chi connectivity index (χ4n) is 3.95. The van der Waals surface area contributed by atoms with Crippen molar-refractivity contribution >= 4 is 32.6 Å². The number of benzene rings is 2. The van der Waals surface area contributed by atoms with E-state index in [0.29, 0.717) is 5.56 Å². The first kappa shape index (κ1) is 18.7. The van der Waals surface area contributed by atoms with Crippen LogP contribution in [0.15, 0.2) is 60.9 Å². The van der Waals surface area contributed by atoms with Crippen molar-refractivity contribution in [3.63, 3.8) is 0 Å². The van der Waals surface area contributed by atoms with Gasteiger partial charge in [0.05, 0.1) is 21.5 Å². The number of para-hydroxylation sites is 1. The molecular weight excluding hydrogens is 401 g/mol. The molecule has 1 amide bonds. The van der Waals surface area contributed by atoms with Crippen molar-refractivity contribution in [2.45, 2.75) is 31.3 Å². The molecule has 4 aromatic rings. The second kappa shape index (κ2) is 7.87. The molecule has 0 aliphatic heterocycles. The molecule has 5 rings (SSSR count). The van der Waals surface area contributed by atoms with Crippen molar-refractivity contribution in [3.8, 4) is 5.69 Å². The lowest BCUT2D eigenvalue weighted by atomic mass is 10.1. The van der Waals surface area contributed by atoms with E-state index < -0.39 is 0 Å². The van der Waals surface area contributed by atoms with Crippen LogP contribution in [0.25, 0.3) is 15.9 Å². The summed E-state index contributed by atoms with van der Waals surface area (Å²) in [6.07, 6.45) is 6.36. The first-order chi connectivity index (χ1) is 14.7. The van der Waals surface area contributed by atoms with Crippen LogP contribution in [0.2, 0.25) is 0 Å². The molecule has 2 atom stereocenters. The van der Waals surface area contributed by atoms with Gasteiger partial charge in [-0.25, -0.2) is 14.1 Å². The SMILES string of the molecule is O=C(N[C@H]1CCC[C@H]1Nc1nc2ccc(F)cc2s1)c1ccccc1-n1cccn1. The predicted octanol–water partition coefficient (Wildman–Crippen LogP) is 4.38. The zero-order valence-electron chi connectivity index (χ0n) is 16.1. The molecule has 0 saturated heterocycles. The van der Waals surface area contributed by atoms with Gasteiger partial charge in [-0.05, 0) is 55.7 Å². The first-order valence-electron chi connectivity index (χ1n) is 9.90. The van der Waals surface area contributed by atoms with Gasteiger partial charge in [-0.15, -0.1) is 0 Å². The van der Waals surface area contributed by atoms with Gasteiger partial charge < -0.3 is 10.6 Å². The second-order valence-corrected chi connectivity index (χ2v) is 8.39. The van der Waals surface area contributed by atoms with Crippen LogP contribution in [0.4, 0.5) is 9.52 Å². The van der Waals surface area contributed by atoms with Crippen molar-refractivity contribution in [2.75, 3.05) is 5.32 Å². The highest BCUT2D eigenvalue weighted by molar-refractivity contribution is 7.22. The molecule has 2 aromatic carbocycles. The van der Waals surface area contributed by atoms with Crippen molar-refractivity contribution in [2.24, 2.45) is 0 Å². The van der Waals surface area contributed by atoms with E-state index in [1.165, 1.54) is 23.5 Å². The Bertz CT molecular complexity index is 1190. The maximum atomic E-state index is 13.5. The van der Waals surface area contributed by atoms with Crippen molar-refractivity contribution in [1.29, 1.82) is 0 Å². The van der Waals surface area contributed by atoms with Crippen LogP contribution in [0, 0.1) is 5.82 Å². The number of aromatic nitrogens is 3. The smallest absolute Gasteiger partial charge is 0.253 e. The number of carbonyl (C=O) groups is 1. The normalized spacial score (nSPS) is 18.6. The molecule has 0 radical (unpaired) electrons. The molecule has 0 bridgehead atoms. The third kappa shape index (κ3) is 3.66. The molecule has 1 fully saturated rings. The molecule has 1 aliphatic rings. The van der Waals surface area contributed by atoms with Crippen molar-refractivity contribution in [1.82, 2.24) is 20.1 Å². The number of hydrogen-bond donors (Lipinski definition) is 2. The lowest BCUT2D eigenvalue weighted by Gasteiger charge is -2.22. The number of carbonyl (C=O) groups excluding carboxylic acids is 1. The molecule has 2 N–H and O–H groups in total. The summed E-state index contributed by atoms with van der Waals surface area (Å²) < 4.78 is 16.0. The van der Waals surface area contributed by atoms with Crippen LogP contribution in [0.5, 0.6) is 0 Å². The minimum Gasteiger partial charge on any atom is -0.357 e. The lowest BCUT2D eigenvalue weighted by molar-refractivity contribution is 0.0935. The summed E-state index contributed by atoms with van der Waals surface area (Å²) in [5.41, 5.74) is 2.11. The van der Waals surface area contributed by atoms with E-state index in [4.69, 9.17) is 0 Å². The summed E-state index contributed by atoms with van der Waals surface area (Å²) in [4.78, 5) is 17.6. The number of nitrogens with one attached hydrogen (secondary N) is 2. The molecule has 30 heavy (non-hydrogen) atoms. The molecule has 1 aliphatic carbocycles. The Morgan fingerprint density at radius 3 is 2.87 bits per heavy atom. The summed E-state index contributed by atoms with van der Waals surface area (Å²) in [7, 11) is 0. The van der Waals surface area contributed by atoms with E-state index in [1.54, 1.807) is 16.9 Å². The fourth-order valence-corrected chi connectivity index (χ4v) is 4.90. The van der Waals surface area contributed by atoms with Crippen LogP contribution in [-0.4, -0.2) is 32.8 Å². The number of amides is 1. The third-order valence-electron chi connectivity index (χ3n) is 5.39. The minimum absolute atomic E-state index is 0.00748. The topological polar surface area (TPSA) is 71.8 Å². The molecule has 0 unspecified atom stereocenters. The number of nitrogens with zero attached hydrogens (tertiary/aromatic N) is 3. The Kier molecular flexibility index (Phi) is 4.92. The monoisotopic (exact) mass is 421 g/mol. The van der Waals surface area contributed by atoms with Crippen LogP contribution >= 0.6 is 11.3 Å². The third-order valence-corrected chi connectivity index (χ3v) is 6.34. The van der Waals surface area contributed by atoms with E-state index in [-0.39, 0.29) is 23.8 Å². The molecule has 0 spiro atoms. The zero-order chi connectivity index (χ0) is 20.5. The zero-order valence-corrected chi connectivity index (χ0v) is 16.9. The van der Waals surface area contributed by atoms with E-state index in [9.17, 15) is 9.18 Å². The van der Waals surface area contributed by atoms with Crippen LogP contribution in [-0.2, 0) is 0 Å². The standard InChI is InChI=1S/C22H20FN5OS/c23-14-9-10-18-20(13-14)30-22(27-18)26-17-7-3-6-16(17)25-21(29)15-5-1-2-8-19(15)28-12-4-11-24-28/h1-2,4-5,8-13,16-17H,3,6-7H2,(H,25,29)(H,26,27)/t16-,17+/m0/s1. The van der Waals surface area contributed by atoms with E-state index >= 15 is 0 Å². The summed E-state index contributed by atoms with van der Waals surface area (Å²) >= 11 is 1.43. The average Bonchev–Trinajstić information content (AvgIpc) is 3.49. The predicted molar refractivity (Wildman–Crippen MR) is 116 cm³/mol. The number of halogens is 1. The lowest BCUT2D eigenvalue weighted by Crippen LogP contribution is -2.43. The molecule has 2 aromatic heterocycles. The molecular formula is C22H20FN5OS. The second-order valence-electron chi connectivity index (χ2n) is 7.36. The van der Waals surface area contributed by atoms with Gasteiger partial charge in [0.15, 0.2) is 5.13 Å². The van der Waals surface area contributed by atoms with Gasteiger partial charge in [0, 0.05) is 24.5 Å². The largest absolute Gasteiger partial charge is 0.357 e. The summed E-state index contributed by atoms with van der Waals surface area (Å²) in [6, 6.07) is 13.9. The van der Waals surface area contributed by atoms with Crippen molar-refractivity contribution in [3.05, 3.63) is 72.3 Å². The van der Waals surface area contributed by atoms with Gasteiger partial charge in [0.25, 0.3) is 5.91 Å². The Morgan fingerprint density at radius 2 is 2.00 bits per heavy atom. The van der Waals surface area contributed by atoms with Gasteiger partial charge in [0.1, 0.15) is 5.82 Å². The van der Waals surface area contributed by atoms with E-state index in [2.05, 4.69) is 20.7 Å². The summed E-state index contributed by atoms with van der Waals surface area (Å²) in [5, 5.41) is 11.6. The number of rotatable bonds is 5. The fraction of sp³-hybridized carbons (Fsp3) is 0.227. The molecule has 2 heterocycles. The minimum atomic E-state index is -0.264. The molecule has 152 valence electrons. The van der Waals surface area contributed by atoms with E-state index in [0.717, 1.165) is 40.3 Å². The number of anilines is 1.